The van der Waals surface area contributed by atoms with Gasteiger partial charge in [0.25, 0.3) is 0 Å². The zero-order valence-corrected chi connectivity index (χ0v) is 16.9. The number of benzene rings is 2. The summed E-state index contributed by atoms with van der Waals surface area (Å²) in [4.78, 5) is 0. The van der Waals surface area contributed by atoms with E-state index in [2.05, 4.69) is 62.7 Å². The van der Waals surface area contributed by atoms with E-state index in [4.69, 9.17) is 0 Å². The molecule has 2 aromatic rings. The van der Waals surface area contributed by atoms with E-state index in [1.165, 1.54) is 32.9 Å². The maximum absolute atomic E-state index is 3.89. The molecule has 0 saturated heterocycles. The van der Waals surface area contributed by atoms with Crippen molar-refractivity contribution in [3.8, 4) is 0 Å². The third-order valence-electron chi connectivity index (χ3n) is 4.16. The van der Waals surface area contributed by atoms with Crippen LogP contribution in [0, 0.1) is 0 Å². The molecule has 0 unspecified atom stereocenters. The molecule has 0 N–H and O–H groups in total. The summed E-state index contributed by atoms with van der Waals surface area (Å²) in [6, 6.07) is 13.6. The minimum absolute atomic E-state index is 0. The van der Waals surface area contributed by atoms with Gasteiger partial charge in [0, 0.05) is 0 Å². The van der Waals surface area contributed by atoms with Crippen LogP contribution >= 0.6 is 8.58 Å². The predicted molar refractivity (Wildman–Crippen MR) is 117 cm³/mol. The fourth-order valence-corrected chi connectivity index (χ4v) is 4.13. The molecule has 0 amide bonds. The van der Waals surface area contributed by atoms with Gasteiger partial charge in [-0.05, 0) is 58.5 Å². The second kappa shape index (κ2) is 11.9. The first kappa shape index (κ1) is 22.5. The van der Waals surface area contributed by atoms with Crippen molar-refractivity contribution in [3.63, 3.8) is 0 Å². The van der Waals surface area contributed by atoms with Gasteiger partial charge >= 0.3 is 18.9 Å². The van der Waals surface area contributed by atoms with Crippen LogP contribution in [0.4, 0.5) is 0 Å². The van der Waals surface area contributed by atoms with E-state index >= 15 is 0 Å². The average molecular weight is 354 g/mol. The van der Waals surface area contributed by atoms with Crippen LogP contribution in [-0.4, -0.2) is 0 Å². The fourth-order valence-electron chi connectivity index (χ4n) is 2.97. The van der Waals surface area contributed by atoms with Gasteiger partial charge in [-0.1, -0.05) is 69.3 Å². The molecule has 0 heterocycles. The summed E-state index contributed by atoms with van der Waals surface area (Å²) in [5, 5.41) is 2.73. The molecule has 2 heteroatoms. The molecular formula is C24H28LiP. The van der Waals surface area contributed by atoms with Crippen molar-refractivity contribution >= 4 is 19.2 Å². The first-order chi connectivity index (χ1) is 12.2. The van der Waals surface area contributed by atoms with Crippen molar-refractivity contribution in [1.82, 2.24) is 0 Å². The van der Waals surface area contributed by atoms with E-state index in [-0.39, 0.29) is 20.3 Å². The molecule has 0 aliphatic heterocycles. The van der Waals surface area contributed by atoms with Crippen LogP contribution in [-0.2, 0) is 25.7 Å². The Morgan fingerprint density at radius 1 is 0.615 bits per heavy atom. The van der Waals surface area contributed by atoms with Gasteiger partial charge in [0.2, 0.25) is 0 Å². The second-order valence-corrected chi connectivity index (χ2v) is 7.47. The molecule has 0 saturated carbocycles. The molecule has 0 aliphatic carbocycles. The van der Waals surface area contributed by atoms with Gasteiger partial charge < -0.3 is 1.43 Å². The van der Waals surface area contributed by atoms with Crippen molar-refractivity contribution in [2.45, 2.75) is 25.7 Å². The normalized spacial score (nSPS) is 9.85. The first-order valence-electron chi connectivity index (χ1n) is 8.66. The first-order valence-corrected chi connectivity index (χ1v) is 9.66. The molecule has 0 radical (unpaired) electrons. The fraction of sp³-hybridized carbons (Fsp3) is 0.167. The van der Waals surface area contributed by atoms with Gasteiger partial charge in [-0.25, -0.2) is 0 Å². The van der Waals surface area contributed by atoms with Crippen LogP contribution in [0.25, 0.3) is 0 Å². The molecule has 0 spiro atoms. The minimum Gasteiger partial charge on any atom is -1.00 e. The SMILES string of the molecule is C=CCc1ccc(Pc2ccc(CC=C)c(CC=C)c2)cc1CC=C.[H-].[Li+]. The van der Waals surface area contributed by atoms with Crippen molar-refractivity contribution in [3.05, 3.63) is 109 Å². The third-order valence-corrected chi connectivity index (χ3v) is 5.36. The zero-order valence-electron chi connectivity index (χ0n) is 16.9. The Labute approximate surface area is 174 Å². The molecule has 26 heavy (non-hydrogen) atoms. The molecule has 2 aromatic carbocycles. The summed E-state index contributed by atoms with van der Waals surface area (Å²) in [7, 11) is 0.655. The van der Waals surface area contributed by atoms with Crippen LogP contribution in [0.3, 0.4) is 0 Å². The molecule has 0 atom stereocenters. The number of hydrogen-bond acceptors (Lipinski definition) is 0. The Balaban J connectivity index is 0.00000338. The van der Waals surface area contributed by atoms with Crippen molar-refractivity contribution < 1.29 is 20.3 Å². The van der Waals surface area contributed by atoms with Crippen LogP contribution in [0.5, 0.6) is 0 Å². The molecular weight excluding hydrogens is 326 g/mol. The maximum Gasteiger partial charge on any atom is 1.00 e. The standard InChI is InChI=1S/C24H27P.Li.H/c1-5-9-19-13-15-23(17-21(19)11-7-3)25-24-16-14-20(10-6-2)22(18-24)12-8-4;;/h5-8,13-18,25H,1-4,9-12H2;;/q;+1;-1. The van der Waals surface area contributed by atoms with Gasteiger partial charge in [-0.15, -0.1) is 26.3 Å². The maximum atomic E-state index is 3.89. The Kier molecular flexibility index (Phi) is 10.3. The Bertz CT molecular complexity index is 714. The Morgan fingerprint density at radius 2 is 0.962 bits per heavy atom. The summed E-state index contributed by atoms with van der Waals surface area (Å²) in [6.07, 6.45) is 11.5. The number of hydrogen-bond donors (Lipinski definition) is 0. The number of rotatable bonds is 10. The summed E-state index contributed by atoms with van der Waals surface area (Å²) in [6.45, 7) is 15.5. The van der Waals surface area contributed by atoms with Crippen molar-refractivity contribution in [2.24, 2.45) is 0 Å². The summed E-state index contributed by atoms with van der Waals surface area (Å²) in [5.74, 6) is 0. The molecule has 0 fully saturated rings. The van der Waals surface area contributed by atoms with Gasteiger partial charge in [0.05, 0.1) is 0 Å². The molecule has 0 bridgehead atoms. The van der Waals surface area contributed by atoms with Gasteiger partial charge in [0.15, 0.2) is 0 Å². The average Bonchev–Trinajstić information content (AvgIpc) is 2.60. The quantitative estimate of drug-likeness (QED) is 0.349. The molecule has 0 aromatic heterocycles. The van der Waals surface area contributed by atoms with Gasteiger partial charge in [-0.3, -0.25) is 0 Å². The topological polar surface area (TPSA) is 0 Å². The van der Waals surface area contributed by atoms with Crippen LogP contribution in [0.2, 0.25) is 0 Å². The van der Waals surface area contributed by atoms with E-state index in [0.717, 1.165) is 25.7 Å². The van der Waals surface area contributed by atoms with Crippen LogP contribution < -0.4 is 29.5 Å². The van der Waals surface area contributed by atoms with Crippen molar-refractivity contribution in [1.29, 1.82) is 0 Å². The largest absolute Gasteiger partial charge is 1.00 e. The van der Waals surface area contributed by atoms with Gasteiger partial charge in [-0.2, -0.15) is 0 Å². The summed E-state index contributed by atoms with van der Waals surface area (Å²) >= 11 is 0. The summed E-state index contributed by atoms with van der Waals surface area (Å²) in [5.41, 5.74) is 5.40. The Morgan fingerprint density at radius 3 is 1.31 bits per heavy atom. The Hall–Kier alpha value is -1.57. The van der Waals surface area contributed by atoms with E-state index in [9.17, 15) is 0 Å². The minimum atomic E-state index is 0. The van der Waals surface area contributed by atoms with Crippen LogP contribution in [0.15, 0.2) is 87.0 Å². The van der Waals surface area contributed by atoms with Gasteiger partial charge in [0.1, 0.15) is 0 Å². The molecule has 0 nitrogen and oxygen atoms in total. The molecule has 0 aliphatic rings. The predicted octanol–water partition coefficient (Wildman–Crippen LogP) is 2.35. The number of allylic oxidation sites excluding steroid dienone is 4. The smallest absolute Gasteiger partial charge is 1.00 e. The van der Waals surface area contributed by atoms with E-state index in [1.807, 2.05) is 24.3 Å². The van der Waals surface area contributed by atoms with E-state index < -0.39 is 0 Å². The van der Waals surface area contributed by atoms with E-state index in [0.29, 0.717) is 8.58 Å². The van der Waals surface area contributed by atoms with Crippen LogP contribution in [0.1, 0.15) is 23.7 Å². The summed E-state index contributed by atoms with van der Waals surface area (Å²) < 4.78 is 0. The molecule has 2 rings (SSSR count). The second-order valence-electron chi connectivity index (χ2n) is 6.06. The van der Waals surface area contributed by atoms with Crippen molar-refractivity contribution in [2.75, 3.05) is 0 Å². The molecule has 130 valence electrons. The monoisotopic (exact) mass is 354 g/mol. The zero-order chi connectivity index (χ0) is 18.1. The third kappa shape index (κ3) is 6.30. The van der Waals surface area contributed by atoms with E-state index in [1.54, 1.807) is 0 Å².